The van der Waals surface area contributed by atoms with E-state index in [-0.39, 0.29) is 5.54 Å². The van der Waals surface area contributed by atoms with Gasteiger partial charge in [-0.2, -0.15) is 13.2 Å². The van der Waals surface area contributed by atoms with Gasteiger partial charge < -0.3 is 0 Å². The van der Waals surface area contributed by atoms with Crippen molar-refractivity contribution in [2.45, 2.75) is 31.0 Å². The van der Waals surface area contributed by atoms with Crippen molar-refractivity contribution >= 4 is 0 Å². The Bertz CT molecular complexity index is 435. The van der Waals surface area contributed by atoms with Gasteiger partial charge in [0, 0.05) is 12.1 Å². The fourth-order valence-corrected chi connectivity index (χ4v) is 2.98. The van der Waals surface area contributed by atoms with Crippen LogP contribution >= 0.6 is 0 Å². The molecular weight excluding hydrogens is 227 g/mol. The van der Waals surface area contributed by atoms with Crippen LogP contribution in [-0.2, 0) is 12.0 Å². The topological polar surface area (TPSA) is 3.24 Å². The van der Waals surface area contributed by atoms with Gasteiger partial charge in [0.25, 0.3) is 0 Å². The minimum atomic E-state index is -4.10. The third-order valence-corrected chi connectivity index (χ3v) is 3.87. The van der Waals surface area contributed by atoms with E-state index in [4.69, 9.17) is 0 Å². The maximum Gasteiger partial charge on any atom is 0.401 e. The largest absolute Gasteiger partial charge is 0.401 e. The molecule has 0 aromatic heterocycles. The van der Waals surface area contributed by atoms with Crippen molar-refractivity contribution in [1.82, 2.24) is 4.90 Å². The molecule has 0 atom stereocenters. The molecule has 1 aromatic carbocycles. The smallest absolute Gasteiger partial charge is 0.285 e. The van der Waals surface area contributed by atoms with Crippen LogP contribution in [0.2, 0.25) is 0 Å². The van der Waals surface area contributed by atoms with Crippen LogP contribution in [0.3, 0.4) is 0 Å². The predicted molar refractivity (Wildman–Crippen MR) is 58.7 cm³/mol. The molecule has 4 heteroatoms. The molecule has 2 aliphatic rings. The minimum Gasteiger partial charge on any atom is -0.285 e. The van der Waals surface area contributed by atoms with E-state index in [1.165, 1.54) is 5.56 Å². The Morgan fingerprint density at radius 1 is 1.18 bits per heavy atom. The number of fused-ring (bicyclic) bond motifs is 2. The molecule has 0 bridgehead atoms. The lowest BCUT2D eigenvalue weighted by Crippen LogP contribution is -2.46. The number of nitrogens with zero attached hydrogens (tertiary/aromatic N) is 1. The van der Waals surface area contributed by atoms with E-state index in [2.05, 4.69) is 0 Å². The second kappa shape index (κ2) is 3.48. The van der Waals surface area contributed by atoms with Crippen LogP contribution in [0.5, 0.6) is 0 Å². The van der Waals surface area contributed by atoms with Crippen LogP contribution in [0.25, 0.3) is 0 Å². The van der Waals surface area contributed by atoms with E-state index in [0.717, 1.165) is 24.8 Å². The monoisotopic (exact) mass is 241 g/mol. The number of hydrogen-bond donors (Lipinski definition) is 0. The second-order valence-electron chi connectivity index (χ2n) is 4.98. The van der Waals surface area contributed by atoms with E-state index in [1.807, 2.05) is 24.3 Å². The molecule has 0 amide bonds. The van der Waals surface area contributed by atoms with Gasteiger partial charge in [-0.1, -0.05) is 24.3 Å². The molecule has 0 N–H and O–H groups in total. The van der Waals surface area contributed by atoms with Gasteiger partial charge >= 0.3 is 6.18 Å². The number of benzene rings is 1. The minimum absolute atomic E-state index is 0.301. The number of halogens is 3. The summed E-state index contributed by atoms with van der Waals surface area (Å²) in [5.41, 5.74) is 2.04. The van der Waals surface area contributed by atoms with Gasteiger partial charge in [0.1, 0.15) is 0 Å². The van der Waals surface area contributed by atoms with Gasteiger partial charge in [0.05, 0.1) is 6.54 Å². The van der Waals surface area contributed by atoms with E-state index in [1.54, 1.807) is 4.90 Å². The van der Waals surface area contributed by atoms with Gasteiger partial charge in [-0.3, -0.25) is 4.90 Å². The number of hydrogen-bond acceptors (Lipinski definition) is 1. The Morgan fingerprint density at radius 3 is 2.53 bits per heavy atom. The third-order valence-electron chi connectivity index (χ3n) is 3.87. The zero-order chi connectivity index (χ0) is 12.1. The summed E-state index contributed by atoms with van der Waals surface area (Å²) in [6, 6.07) is 7.93. The zero-order valence-electron chi connectivity index (χ0n) is 9.43. The van der Waals surface area contributed by atoms with E-state index in [9.17, 15) is 13.2 Å². The Morgan fingerprint density at radius 2 is 1.88 bits per heavy atom. The molecule has 3 rings (SSSR count). The highest BCUT2D eigenvalue weighted by Crippen LogP contribution is 2.54. The summed E-state index contributed by atoms with van der Waals surface area (Å²) in [6.45, 7) is -0.252. The van der Waals surface area contributed by atoms with Gasteiger partial charge in [0.15, 0.2) is 0 Å². The molecule has 1 spiro atoms. The lowest BCUT2D eigenvalue weighted by atomic mass is 9.90. The second-order valence-corrected chi connectivity index (χ2v) is 4.98. The summed E-state index contributed by atoms with van der Waals surface area (Å²) in [4.78, 5) is 1.62. The van der Waals surface area contributed by atoms with E-state index < -0.39 is 12.7 Å². The van der Waals surface area contributed by atoms with Crippen molar-refractivity contribution in [2.24, 2.45) is 0 Å². The molecule has 1 heterocycles. The van der Waals surface area contributed by atoms with Crippen LogP contribution < -0.4 is 0 Å². The molecule has 1 saturated carbocycles. The Balaban J connectivity index is 1.92. The van der Waals surface area contributed by atoms with Crippen molar-refractivity contribution in [3.63, 3.8) is 0 Å². The lowest BCUT2D eigenvalue weighted by Gasteiger charge is -2.38. The number of rotatable bonds is 1. The van der Waals surface area contributed by atoms with Gasteiger partial charge in [-0.05, 0) is 30.4 Å². The Hall–Kier alpha value is -1.03. The average Bonchev–Trinajstić information content (AvgIpc) is 3.03. The molecule has 0 saturated heterocycles. The van der Waals surface area contributed by atoms with Gasteiger partial charge in [-0.25, -0.2) is 0 Å². The van der Waals surface area contributed by atoms with Gasteiger partial charge in [-0.15, -0.1) is 0 Å². The standard InChI is InChI=1S/C13H14F3N/c14-13(15,16)9-17-8-5-10-3-1-2-4-11(10)12(17)6-7-12/h1-4H,5-9H2. The Labute approximate surface area is 98.2 Å². The van der Waals surface area contributed by atoms with Crippen molar-refractivity contribution in [3.8, 4) is 0 Å². The summed E-state index contributed by atoms with van der Waals surface area (Å²) >= 11 is 0. The molecule has 1 nitrogen and oxygen atoms in total. The molecule has 1 aliphatic carbocycles. The molecule has 92 valence electrons. The average molecular weight is 241 g/mol. The quantitative estimate of drug-likeness (QED) is 0.730. The van der Waals surface area contributed by atoms with Crippen molar-refractivity contribution in [2.75, 3.05) is 13.1 Å². The van der Waals surface area contributed by atoms with Crippen LogP contribution in [0.15, 0.2) is 24.3 Å². The van der Waals surface area contributed by atoms with Crippen molar-refractivity contribution < 1.29 is 13.2 Å². The highest BCUT2D eigenvalue weighted by molar-refractivity contribution is 5.40. The summed E-state index contributed by atoms with van der Waals surface area (Å²) in [6.07, 6.45) is -1.64. The maximum atomic E-state index is 12.5. The van der Waals surface area contributed by atoms with Crippen molar-refractivity contribution in [3.05, 3.63) is 35.4 Å². The molecular formula is C13H14F3N. The predicted octanol–water partition coefficient (Wildman–Crippen LogP) is 3.10. The van der Waals surface area contributed by atoms with E-state index in [0.29, 0.717) is 6.54 Å². The van der Waals surface area contributed by atoms with Crippen LogP contribution in [0, 0.1) is 0 Å². The SMILES string of the molecule is FC(F)(F)CN1CCc2ccccc2C12CC2. The van der Waals surface area contributed by atoms with Crippen molar-refractivity contribution in [1.29, 1.82) is 0 Å². The first-order valence-corrected chi connectivity index (χ1v) is 5.91. The lowest BCUT2D eigenvalue weighted by molar-refractivity contribution is -0.154. The fourth-order valence-electron chi connectivity index (χ4n) is 2.98. The summed E-state index contributed by atoms with van der Waals surface area (Å²) in [5.74, 6) is 0. The molecule has 1 aliphatic heterocycles. The van der Waals surface area contributed by atoms with Crippen LogP contribution in [0.1, 0.15) is 24.0 Å². The molecule has 1 fully saturated rings. The third kappa shape index (κ3) is 1.84. The Kier molecular flexibility index (Phi) is 2.27. The highest BCUT2D eigenvalue weighted by Gasteiger charge is 2.54. The summed E-state index contributed by atoms with van der Waals surface area (Å²) in [7, 11) is 0. The normalized spacial score (nSPS) is 22.5. The number of alkyl halides is 3. The summed E-state index contributed by atoms with van der Waals surface area (Å²) in [5, 5.41) is 0. The van der Waals surface area contributed by atoms with Crippen LogP contribution in [0.4, 0.5) is 13.2 Å². The fraction of sp³-hybridized carbons (Fsp3) is 0.538. The first-order valence-electron chi connectivity index (χ1n) is 5.91. The van der Waals surface area contributed by atoms with Gasteiger partial charge in [0.2, 0.25) is 0 Å². The first-order chi connectivity index (χ1) is 8.01. The maximum absolute atomic E-state index is 12.5. The molecule has 17 heavy (non-hydrogen) atoms. The van der Waals surface area contributed by atoms with E-state index >= 15 is 0 Å². The molecule has 0 unspecified atom stereocenters. The molecule has 0 radical (unpaired) electrons. The van der Waals surface area contributed by atoms with Crippen LogP contribution in [-0.4, -0.2) is 24.2 Å². The zero-order valence-corrected chi connectivity index (χ0v) is 9.43. The summed E-state index contributed by atoms with van der Waals surface area (Å²) < 4.78 is 37.6. The first kappa shape index (κ1) is 11.1. The molecule has 1 aromatic rings. The highest BCUT2D eigenvalue weighted by atomic mass is 19.4.